The molecule has 0 spiro atoms. The van der Waals surface area contributed by atoms with Gasteiger partial charge in [0.25, 0.3) is 0 Å². The summed E-state index contributed by atoms with van der Waals surface area (Å²) in [4.78, 5) is 21.8. The number of carbonyl (C=O) groups excluding carboxylic acids is 2. The van der Waals surface area contributed by atoms with Crippen molar-refractivity contribution in [2.24, 2.45) is 0 Å². The Hall–Kier alpha value is -0.900. The summed E-state index contributed by atoms with van der Waals surface area (Å²) in [7, 11) is 0. The van der Waals surface area contributed by atoms with Crippen LogP contribution in [0.5, 0.6) is 0 Å². The number of esters is 1. The minimum atomic E-state index is -0.897. The molecule has 81 valence electrons. The third kappa shape index (κ3) is 6.60. The summed E-state index contributed by atoms with van der Waals surface area (Å²) < 4.78 is 4.60. The summed E-state index contributed by atoms with van der Waals surface area (Å²) in [5, 5.41) is 8.87. The van der Waals surface area contributed by atoms with Crippen LogP contribution in [0, 0.1) is 6.61 Å². The molecule has 0 aliphatic carbocycles. The molecule has 1 N–H and O–H groups in total. The van der Waals surface area contributed by atoms with Gasteiger partial charge >= 0.3 is 5.97 Å². The Morgan fingerprint density at radius 1 is 1.36 bits per heavy atom. The molecule has 14 heavy (non-hydrogen) atoms. The zero-order valence-electron chi connectivity index (χ0n) is 8.66. The highest BCUT2D eigenvalue weighted by atomic mass is 16.5. The van der Waals surface area contributed by atoms with E-state index in [0.717, 1.165) is 0 Å². The van der Waals surface area contributed by atoms with E-state index in [-0.39, 0.29) is 11.8 Å². The molecule has 0 bridgehead atoms. The van der Waals surface area contributed by atoms with Gasteiger partial charge in [-0.15, -0.1) is 0 Å². The average Bonchev–Trinajstić information content (AvgIpc) is 2.12. The van der Waals surface area contributed by atoms with Crippen molar-refractivity contribution in [1.82, 2.24) is 0 Å². The maximum atomic E-state index is 10.9. The number of ketones is 1. The highest BCUT2D eigenvalue weighted by molar-refractivity contribution is 5.82. The fourth-order valence-corrected chi connectivity index (χ4v) is 0.968. The zero-order chi connectivity index (χ0) is 11.0. The van der Waals surface area contributed by atoms with E-state index in [1.807, 2.05) is 0 Å². The number of ether oxygens (including phenoxy) is 1. The number of aliphatic hydroxyl groups is 1. The highest BCUT2D eigenvalue weighted by Gasteiger charge is 2.08. The lowest BCUT2D eigenvalue weighted by Crippen LogP contribution is -2.15. The van der Waals surface area contributed by atoms with Gasteiger partial charge in [-0.2, -0.15) is 0 Å². The molecule has 0 rings (SSSR count). The number of rotatable bonds is 7. The van der Waals surface area contributed by atoms with Crippen LogP contribution in [0.1, 0.15) is 39.5 Å². The van der Waals surface area contributed by atoms with Gasteiger partial charge in [0.15, 0.2) is 5.78 Å². The third-order valence-electron chi connectivity index (χ3n) is 1.77. The van der Waals surface area contributed by atoms with Gasteiger partial charge in [-0.25, -0.2) is 0 Å². The molecule has 4 heteroatoms. The van der Waals surface area contributed by atoms with Crippen LogP contribution in [-0.2, 0) is 14.3 Å². The molecule has 0 amide bonds. The zero-order valence-corrected chi connectivity index (χ0v) is 8.66. The number of hydrogen-bond acceptors (Lipinski definition) is 4. The molecule has 0 aromatic heterocycles. The van der Waals surface area contributed by atoms with Crippen LogP contribution in [0.25, 0.3) is 0 Å². The topological polar surface area (TPSA) is 63.6 Å². The lowest BCUT2D eigenvalue weighted by molar-refractivity contribution is -0.140. The van der Waals surface area contributed by atoms with Gasteiger partial charge in [-0.3, -0.25) is 9.59 Å². The van der Waals surface area contributed by atoms with E-state index in [0.29, 0.717) is 25.7 Å². The summed E-state index contributed by atoms with van der Waals surface area (Å²) in [6.07, 6.45) is 0.970. The van der Waals surface area contributed by atoms with Crippen molar-refractivity contribution in [3.63, 3.8) is 0 Å². The van der Waals surface area contributed by atoms with Crippen LogP contribution in [0.15, 0.2) is 0 Å². The quantitative estimate of drug-likeness (QED) is 0.497. The monoisotopic (exact) mass is 201 g/mol. The molecule has 0 aliphatic rings. The minimum absolute atomic E-state index is 0.180. The lowest BCUT2D eigenvalue weighted by atomic mass is 10.1. The SMILES string of the molecule is C[CH]OC(=O)CCCCC(=O)C(C)O. The molecule has 0 aromatic rings. The Kier molecular flexibility index (Phi) is 7.02. The summed E-state index contributed by atoms with van der Waals surface area (Å²) in [5.74, 6) is -0.461. The van der Waals surface area contributed by atoms with Crippen molar-refractivity contribution in [1.29, 1.82) is 0 Å². The van der Waals surface area contributed by atoms with Gasteiger partial charge in [0.05, 0.1) is 0 Å². The molecule has 0 saturated heterocycles. The molecule has 1 radical (unpaired) electrons. The second-order valence-corrected chi connectivity index (χ2v) is 3.07. The van der Waals surface area contributed by atoms with Crippen molar-refractivity contribution in [3.8, 4) is 0 Å². The molecule has 0 fully saturated rings. The molecule has 1 unspecified atom stereocenters. The molecule has 0 aliphatic heterocycles. The first kappa shape index (κ1) is 13.1. The van der Waals surface area contributed by atoms with Crippen LogP contribution in [0.3, 0.4) is 0 Å². The fraction of sp³-hybridized carbons (Fsp3) is 0.700. The molecular formula is C10H17O4. The summed E-state index contributed by atoms with van der Waals surface area (Å²) >= 11 is 0. The van der Waals surface area contributed by atoms with Gasteiger partial charge in [0.1, 0.15) is 12.7 Å². The molecular weight excluding hydrogens is 184 g/mol. The van der Waals surface area contributed by atoms with E-state index in [1.54, 1.807) is 6.92 Å². The largest absolute Gasteiger partial charge is 0.459 e. The maximum absolute atomic E-state index is 10.9. The highest BCUT2D eigenvalue weighted by Crippen LogP contribution is 2.04. The molecule has 0 aromatic carbocycles. The van der Waals surface area contributed by atoms with Crippen molar-refractivity contribution in [2.75, 3.05) is 0 Å². The van der Waals surface area contributed by atoms with E-state index >= 15 is 0 Å². The molecule has 0 saturated carbocycles. The van der Waals surface area contributed by atoms with Crippen LogP contribution in [0.2, 0.25) is 0 Å². The number of unbranched alkanes of at least 4 members (excludes halogenated alkanes) is 1. The van der Waals surface area contributed by atoms with Gasteiger partial charge in [0, 0.05) is 12.8 Å². The van der Waals surface area contributed by atoms with Crippen molar-refractivity contribution >= 4 is 11.8 Å². The van der Waals surface area contributed by atoms with E-state index < -0.39 is 6.10 Å². The molecule has 1 atom stereocenters. The second-order valence-electron chi connectivity index (χ2n) is 3.07. The Morgan fingerprint density at radius 2 is 1.93 bits per heavy atom. The summed E-state index contributed by atoms with van der Waals surface area (Å²) in [6, 6.07) is 0. The van der Waals surface area contributed by atoms with Gasteiger partial charge in [-0.1, -0.05) is 0 Å². The summed E-state index contributed by atoms with van der Waals surface area (Å²) in [6.45, 7) is 4.42. The maximum Gasteiger partial charge on any atom is 0.306 e. The smallest absolute Gasteiger partial charge is 0.306 e. The van der Waals surface area contributed by atoms with Gasteiger partial charge < -0.3 is 9.84 Å². The normalized spacial score (nSPS) is 12.2. The van der Waals surface area contributed by atoms with Crippen LogP contribution in [0.4, 0.5) is 0 Å². The van der Waals surface area contributed by atoms with Crippen molar-refractivity contribution < 1.29 is 19.4 Å². The summed E-state index contributed by atoms with van der Waals surface area (Å²) in [5.41, 5.74) is 0. The number of Topliss-reactive ketones (excluding diaryl/α,β-unsaturated/α-hetero) is 1. The Labute approximate surface area is 84.3 Å². The Bertz CT molecular complexity index is 187. The van der Waals surface area contributed by atoms with Crippen LogP contribution >= 0.6 is 0 Å². The minimum Gasteiger partial charge on any atom is -0.459 e. The number of aliphatic hydroxyl groups excluding tert-OH is 1. The van der Waals surface area contributed by atoms with E-state index in [1.165, 1.54) is 13.5 Å². The van der Waals surface area contributed by atoms with E-state index in [4.69, 9.17) is 5.11 Å². The van der Waals surface area contributed by atoms with Crippen LogP contribution < -0.4 is 0 Å². The van der Waals surface area contributed by atoms with Crippen LogP contribution in [-0.4, -0.2) is 23.0 Å². The lowest BCUT2D eigenvalue weighted by Gasteiger charge is -2.03. The Morgan fingerprint density at radius 3 is 2.43 bits per heavy atom. The predicted octanol–water partition coefficient (Wildman–Crippen LogP) is 1.22. The number of carbonyl (C=O) groups is 2. The average molecular weight is 201 g/mol. The van der Waals surface area contributed by atoms with Crippen molar-refractivity contribution in [2.45, 2.75) is 45.6 Å². The second kappa shape index (κ2) is 7.50. The van der Waals surface area contributed by atoms with E-state index in [2.05, 4.69) is 4.74 Å². The molecule has 4 nitrogen and oxygen atoms in total. The fourth-order valence-electron chi connectivity index (χ4n) is 0.968. The van der Waals surface area contributed by atoms with Crippen molar-refractivity contribution in [3.05, 3.63) is 6.61 Å². The number of hydrogen-bond donors (Lipinski definition) is 1. The first-order valence-corrected chi connectivity index (χ1v) is 4.76. The third-order valence-corrected chi connectivity index (χ3v) is 1.77. The first-order chi connectivity index (χ1) is 6.57. The standard InChI is InChI=1S/C10H17O4/c1-3-14-10(13)7-5-4-6-9(12)8(2)11/h3,8,11H,4-7H2,1-2H3. The van der Waals surface area contributed by atoms with Gasteiger partial charge in [-0.05, 0) is 26.7 Å². The Balaban J connectivity index is 3.38. The first-order valence-electron chi connectivity index (χ1n) is 4.76. The van der Waals surface area contributed by atoms with Gasteiger partial charge in [0.2, 0.25) is 0 Å². The predicted molar refractivity (Wildman–Crippen MR) is 51.2 cm³/mol. The van der Waals surface area contributed by atoms with E-state index in [9.17, 15) is 9.59 Å². The molecule has 0 heterocycles.